The average Bonchev–Trinajstić information content (AvgIpc) is 2.99. The minimum absolute atomic E-state index is 0.124. The Labute approximate surface area is 159 Å². The van der Waals surface area contributed by atoms with Crippen LogP contribution >= 0.6 is 0 Å². The average molecular weight is 391 g/mol. The summed E-state index contributed by atoms with van der Waals surface area (Å²) in [5.41, 5.74) is 1.92. The number of sulfonamides is 1. The molecule has 0 radical (unpaired) electrons. The molecule has 1 atom stereocenters. The van der Waals surface area contributed by atoms with Crippen molar-refractivity contribution in [3.05, 3.63) is 41.3 Å². The molecule has 1 amide bonds. The van der Waals surface area contributed by atoms with Crippen LogP contribution in [0.2, 0.25) is 0 Å². The Morgan fingerprint density at radius 1 is 1.22 bits per heavy atom. The number of nitrogens with one attached hydrogen (secondary N) is 2. The molecular weight excluding hydrogens is 366 g/mol. The number of benzene rings is 1. The van der Waals surface area contributed by atoms with Crippen LogP contribution in [0.5, 0.6) is 0 Å². The lowest BCUT2D eigenvalue weighted by Gasteiger charge is -2.12. The van der Waals surface area contributed by atoms with E-state index >= 15 is 0 Å². The zero-order valence-electron chi connectivity index (χ0n) is 15.9. The summed E-state index contributed by atoms with van der Waals surface area (Å²) in [5.74, 6) is 0.309. The molecule has 2 N–H and O–H groups in total. The predicted octanol–water partition coefficient (Wildman–Crippen LogP) is 3.58. The molecule has 1 aromatic carbocycles. The van der Waals surface area contributed by atoms with Crippen molar-refractivity contribution in [1.82, 2.24) is 9.88 Å². The van der Waals surface area contributed by atoms with Crippen molar-refractivity contribution >= 4 is 33.8 Å². The van der Waals surface area contributed by atoms with E-state index in [2.05, 4.69) is 15.2 Å². The zero-order valence-corrected chi connectivity index (χ0v) is 16.8. The molecule has 0 bridgehead atoms. The maximum Gasteiger partial charge on any atom is 0.240 e. The highest BCUT2D eigenvalue weighted by Gasteiger charge is 2.16. The Kier molecular flexibility index (Phi) is 6.92. The van der Waals surface area contributed by atoms with Crippen molar-refractivity contribution in [1.29, 1.82) is 0 Å². The van der Waals surface area contributed by atoms with E-state index < -0.39 is 10.0 Å². The number of anilines is 1. The molecule has 2 rings (SSSR count). The molecule has 0 saturated heterocycles. The molecule has 1 heterocycles. The molecule has 27 heavy (non-hydrogen) atoms. The van der Waals surface area contributed by atoms with Gasteiger partial charge in [-0.1, -0.05) is 37.2 Å². The van der Waals surface area contributed by atoms with E-state index in [1.807, 2.05) is 13.8 Å². The van der Waals surface area contributed by atoms with Gasteiger partial charge >= 0.3 is 0 Å². The second-order valence-corrected chi connectivity index (χ2v) is 7.96. The fourth-order valence-corrected chi connectivity index (χ4v) is 3.55. The fraction of sp³-hybridized carbons (Fsp3) is 0.368. The molecule has 0 unspecified atom stereocenters. The van der Waals surface area contributed by atoms with Crippen molar-refractivity contribution < 1.29 is 17.7 Å². The van der Waals surface area contributed by atoms with E-state index in [9.17, 15) is 13.2 Å². The van der Waals surface area contributed by atoms with E-state index in [-0.39, 0.29) is 16.8 Å². The van der Waals surface area contributed by atoms with Gasteiger partial charge in [0.15, 0.2) is 5.76 Å². The smallest absolute Gasteiger partial charge is 0.240 e. The quantitative estimate of drug-likeness (QED) is 0.716. The first-order chi connectivity index (χ1) is 12.8. The van der Waals surface area contributed by atoms with Crippen LogP contribution in [0.15, 0.2) is 33.7 Å². The molecule has 0 saturated carbocycles. The van der Waals surface area contributed by atoms with E-state index in [0.29, 0.717) is 30.0 Å². The van der Waals surface area contributed by atoms with Crippen LogP contribution in [0, 0.1) is 6.92 Å². The number of aromatic nitrogens is 1. The third-order valence-corrected chi connectivity index (χ3v) is 5.67. The van der Waals surface area contributed by atoms with Crippen molar-refractivity contribution in [3.8, 4) is 0 Å². The monoisotopic (exact) mass is 391 g/mol. The van der Waals surface area contributed by atoms with Crippen LogP contribution in [-0.4, -0.2) is 25.5 Å². The van der Waals surface area contributed by atoms with Gasteiger partial charge in [0.2, 0.25) is 15.9 Å². The number of nitrogens with zero attached hydrogens (tertiary/aromatic N) is 1. The van der Waals surface area contributed by atoms with Crippen LogP contribution < -0.4 is 10.0 Å². The minimum atomic E-state index is -3.53. The summed E-state index contributed by atoms with van der Waals surface area (Å²) < 4.78 is 32.4. The van der Waals surface area contributed by atoms with Gasteiger partial charge in [-0.25, -0.2) is 13.1 Å². The van der Waals surface area contributed by atoms with Crippen molar-refractivity contribution in [2.75, 3.05) is 5.32 Å². The topological polar surface area (TPSA) is 101 Å². The second-order valence-electron chi connectivity index (χ2n) is 6.24. The first-order valence-electron chi connectivity index (χ1n) is 8.83. The molecule has 0 fully saturated rings. The van der Waals surface area contributed by atoms with E-state index in [4.69, 9.17) is 4.52 Å². The summed E-state index contributed by atoms with van der Waals surface area (Å²) in [6.07, 6.45) is 4.52. The lowest BCUT2D eigenvalue weighted by atomic mass is 10.2. The predicted molar refractivity (Wildman–Crippen MR) is 106 cm³/mol. The van der Waals surface area contributed by atoms with Gasteiger partial charge in [0.05, 0.1) is 4.90 Å². The maximum absolute atomic E-state index is 12.3. The van der Waals surface area contributed by atoms with Crippen LogP contribution in [-0.2, 0) is 14.8 Å². The molecule has 8 heteroatoms. The molecule has 2 aromatic rings. The van der Waals surface area contributed by atoms with E-state index in [1.165, 1.54) is 0 Å². The fourth-order valence-electron chi connectivity index (χ4n) is 2.23. The van der Waals surface area contributed by atoms with Gasteiger partial charge in [-0.15, -0.1) is 0 Å². The van der Waals surface area contributed by atoms with Gasteiger partial charge in [-0.05, 0) is 44.0 Å². The number of carbonyl (C=O) groups excluding carboxylic acids is 1. The van der Waals surface area contributed by atoms with Gasteiger partial charge in [0, 0.05) is 12.5 Å². The highest BCUT2D eigenvalue weighted by atomic mass is 32.2. The summed E-state index contributed by atoms with van der Waals surface area (Å²) in [4.78, 5) is 11.8. The number of hydrogen-bond donors (Lipinski definition) is 2. The van der Waals surface area contributed by atoms with E-state index in [1.54, 1.807) is 50.3 Å². The normalized spacial score (nSPS) is 13.0. The summed E-state index contributed by atoms with van der Waals surface area (Å²) >= 11 is 0. The Morgan fingerprint density at radius 2 is 1.89 bits per heavy atom. The molecule has 0 spiro atoms. The van der Waals surface area contributed by atoms with Crippen LogP contribution in [0.4, 0.5) is 5.69 Å². The number of rotatable bonds is 8. The lowest BCUT2D eigenvalue weighted by molar-refractivity contribution is -0.115. The second kappa shape index (κ2) is 8.96. The van der Waals surface area contributed by atoms with Crippen LogP contribution in [0.3, 0.4) is 0 Å². The number of hydrogen-bond acceptors (Lipinski definition) is 5. The van der Waals surface area contributed by atoms with Gasteiger partial charge < -0.3 is 9.84 Å². The standard InChI is InChI=1S/C19H25N3O4S/c1-5-13(3)22-27(24,25)16-10-7-15(8-11-16)9-12-17-19(14(4)21-26-17)20-18(23)6-2/h7-13,22H,5-6H2,1-4H3,(H,20,23)/b12-9-/t13-/m0/s1. The summed E-state index contributed by atoms with van der Waals surface area (Å²) in [6, 6.07) is 6.39. The molecule has 1 aromatic heterocycles. The third kappa shape index (κ3) is 5.51. The van der Waals surface area contributed by atoms with Gasteiger partial charge in [-0.3, -0.25) is 4.79 Å². The first-order valence-corrected chi connectivity index (χ1v) is 10.3. The van der Waals surface area contributed by atoms with E-state index in [0.717, 1.165) is 5.56 Å². The molecule has 7 nitrogen and oxygen atoms in total. The zero-order chi connectivity index (χ0) is 20.0. The molecule has 146 valence electrons. The summed E-state index contributed by atoms with van der Waals surface area (Å²) in [7, 11) is -3.53. The number of aryl methyl sites for hydroxylation is 1. The van der Waals surface area contributed by atoms with Gasteiger partial charge in [-0.2, -0.15) is 0 Å². The Balaban J connectivity index is 2.17. The Bertz CT molecular complexity index is 915. The molecule has 0 aliphatic heterocycles. The lowest BCUT2D eigenvalue weighted by Crippen LogP contribution is -2.31. The summed E-state index contributed by atoms with van der Waals surface area (Å²) in [6.45, 7) is 7.25. The van der Waals surface area contributed by atoms with Crippen LogP contribution in [0.1, 0.15) is 50.6 Å². The minimum Gasteiger partial charge on any atom is -0.354 e. The maximum atomic E-state index is 12.3. The molecule has 0 aliphatic carbocycles. The van der Waals surface area contributed by atoms with Gasteiger partial charge in [0.25, 0.3) is 0 Å². The van der Waals surface area contributed by atoms with Crippen molar-refractivity contribution in [2.45, 2.75) is 51.5 Å². The highest BCUT2D eigenvalue weighted by Crippen LogP contribution is 2.23. The SMILES string of the molecule is CCC(=O)Nc1c(C)noc1/C=C\c1ccc(S(=O)(=O)N[C@@H](C)CC)cc1. The number of carbonyl (C=O) groups is 1. The van der Waals surface area contributed by atoms with Crippen LogP contribution in [0.25, 0.3) is 12.2 Å². The Morgan fingerprint density at radius 3 is 2.48 bits per heavy atom. The third-order valence-electron chi connectivity index (χ3n) is 4.06. The van der Waals surface area contributed by atoms with Crippen molar-refractivity contribution in [3.63, 3.8) is 0 Å². The molecule has 0 aliphatic rings. The molecular formula is C19H25N3O4S. The summed E-state index contributed by atoms with van der Waals surface area (Å²) in [5, 5.41) is 6.63. The largest absolute Gasteiger partial charge is 0.354 e. The Hall–Kier alpha value is -2.45. The van der Waals surface area contributed by atoms with Gasteiger partial charge in [0.1, 0.15) is 11.4 Å². The first kappa shape index (κ1) is 20.9. The van der Waals surface area contributed by atoms with Crippen molar-refractivity contribution in [2.24, 2.45) is 0 Å². The number of amides is 1. The highest BCUT2D eigenvalue weighted by molar-refractivity contribution is 7.89.